The predicted octanol–water partition coefficient (Wildman–Crippen LogP) is 2.56. The molecule has 0 spiro atoms. The Morgan fingerprint density at radius 1 is 1.36 bits per heavy atom. The molecular formula is C16H15ClFN7O3. The van der Waals surface area contributed by atoms with Crippen LogP contribution in [-0.4, -0.2) is 35.4 Å². The van der Waals surface area contributed by atoms with E-state index in [2.05, 4.69) is 20.5 Å². The van der Waals surface area contributed by atoms with E-state index in [1.165, 1.54) is 40.9 Å². The van der Waals surface area contributed by atoms with Gasteiger partial charge in [0.05, 0.1) is 11.5 Å². The van der Waals surface area contributed by atoms with Crippen LogP contribution in [0.4, 0.5) is 16.0 Å². The molecule has 0 aliphatic heterocycles. The van der Waals surface area contributed by atoms with Crippen molar-refractivity contribution in [1.29, 1.82) is 0 Å². The summed E-state index contributed by atoms with van der Waals surface area (Å²) in [6, 6.07) is 4.37. The molecule has 1 N–H and O–H groups in total. The molecule has 0 aliphatic rings. The van der Waals surface area contributed by atoms with Crippen molar-refractivity contribution in [3.8, 4) is 0 Å². The average Bonchev–Trinajstić information content (AvgIpc) is 3.23. The first-order valence-electron chi connectivity index (χ1n) is 8.14. The Labute approximate surface area is 163 Å². The van der Waals surface area contributed by atoms with Crippen molar-refractivity contribution in [1.82, 2.24) is 24.5 Å². The molecule has 146 valence electrons. The second kappa shape index (κ2) is 8.13. The molecule has 0 radical (unpaired) electrons. The first-order valence-corrected chi connectivity index (χ1v) is 8.52. The lowest BCUT2D eigenvalue weighted by Crippen LogP contribution is -2.16. The number of hydrogen-bond acceptors (Lipinski definition) is 6. The van der Waals surface area contributed by atoms with Crippen LogP contribution in [0.25, 0.3) is 0 Å². The monoisotopic (exact) mass is 407 g/mol. The van der Waals surface area contributed by atoms with Gasteiger partial charge in [-0.3, -0.25) is 24.9 Å². The summed E-state index contributed by atoms with van der Waals surface area (Å²) in [5, 5.41) is 21.6. The summed E-state index contributed by atoms with van der Waals surface area (Å²) in [6.45, 7) is 1.74. The van der Waals surface area contributed by atoms with E-state index in [9.17, 15) is 19.3 Å². The van der Waals surface area contributed by atoms with E-state index < -0.39 is 16.6 Å². The SMILES string of the molecule is Cc1nn(CCC(=O)Nc2ncn(Cc3c(F)cccc3Cl)n2)cc1[N+](=O)[O-]. The molecule has 0 saturated carbocycles. The van der Waals surface area contributed by atoms with Gasteiger partial charge in [-0.25, -0.2) is 14.1 Å². The van der Waals surface area contributed by atoms with Gasteiger partial charge in [0.1, 0.15) is 24.0 Å². The average molecular weight is 408 g/mol. The molecular weight excluding hydrogens is 393 g/mol. The van der Waals surface area contributed by atoms with Crippen LogP contribution in [0.15, 0.2) is 30.7 Å². The number of halogens is 2. The quantitative estimate of drug-likeness (QED) is 0.474. The fourth-order valence-corrected chi connectivity index (χ4v) is 2.70. The third-order valence-corrected chi connectivity index (χ3v) is 4.21. The highest BCUT2D eigenvalue weighted by molar-refractivity contribution is 6.31. The van der Waals surface area contributed by atoms with Gasteiger partial charge in [0.25, 0.3) is 0 Å². The van der Waals surface area contributed by atoms with Crippen LogP contribution in [-0.2, 0) is 17.9 Å². The van der Waals surface area contributed by atoms with Crippen molar-refractivity contribution in [2.24, 2.45) is 0 Å². The van der Waals surface area contributed by atoms with Gasteiger partial charge in [0.15, 0.2) is 0 Å². The highest BCUT2D eigenvalue weighted by Crippen LogP contribution is 2.20. The van der Waals surface area contributed by atoms with Crippen LogP contribution < -0.4 is 5.32 Å². The summed E-state index contributed by atoms with van der Waals surface area (Å²) < 4.78 is 16.5. The highest BCUT2D eigenvalue weighted by atomic mass is 35.5. The van der Waals surface area contributed by atoms with E-state index in [0.29, 0.717) is 0 Å². The minimum absolute atomic E-state index is 0.0198. The Balaban J connectivity index is 1.57. The minimum atomic E-state index is -0.530. The number of hydrogen-bond donors (Lipinski definition) is 1. The number of nitro groups is 1. The maximum atomic E-state index is 13.8. The Morgan fingerprint density at radius 2 is 2.14 bits per heavy atom. The number of amides is 1. The number of nitrogens with one attached hydrogen (secondary N) is 1. The van der Waals surface area contributed by atoms with Crippen molar-refractivity contribution in [2.45, 2.75) is 26.4 Å². The van der Waals surface area contributed by atoms with E-state index >= 15 is 0 Å². The fourth-order valence-electron chi connectivity index (χ4n) is 2.48. The molecule has 0 atom stereocenters. The van der Waals surface area contributed by atoms with Crippen LogP contribution in [0.5, 0.6) is 0 Å². The third kappa shape index (κ3) is 4.49. The Kier molecular flexibility index (Phi) is 5.64. The third-order valence-electron chi connectivity index (χ3n) is 3.85. The second-order valence-electron chi connectivity index (χ2n) is 5.88. The lowest BCUT2D eigenvalue weighted by atomic mass is 10.2. The molecule has 0 fully saturated rings. The Hall–Kier alpha value is -3.34. The van der Waals surface area contributed by atoms with Gasteiger partial charge in [-0.05, 0) is 19.1 Å². The minimum Gasteiger partial charge on any atom is -0.293 e. The molecule has 10 nitrogen and oxygen atoms in total. The molecule has 28 heavy (non-hydrogen) atoms. The normalized spacial score (nSPS) is 10.8. The van der Waals surface area contributed by atoms with Crippen molar-refractivity contribution in [3.63, 3.8) is 0 Å². The lowest BCUT2D eigenvalue weighted by molar-refractivity contribution is -0.385. The zero-order valence-corrected chi connectivity index (χ0v) is 15.4. The number of nitrogens with zero attached hydrogens (tertiary/aromatic N) is 6. The zero-order valence-electron chi connectivity index (χ0n) is 14.7. The summed E-state index contributed by atoms with van der Waals surface area (Å²) in [5.74, 6) is -0.797. The largest absolute Gasteiger partial charge is 0.309 e. The molecule has 3 aromatic rings. The molecule has 12 heteroatoms. The van der Waals surface area contributed by atoms with Gasteiger partial charge in [0.2, 0.25) is 11.9 Å². The first-order chi connectivity index (χ1) is 13.3. The highest BCUT2D eigenvalue weighted by Gasteiger charge is 2.16. The van der Waals surface area contributed by atoms with Crippen LogP contribution in [0.1, 0.15) is 17.7 Å². The van der Waals surface area contributed by atoms with Crippen LogP contribution in [0.2, 0.25) is 5.02 Å². The van der Waals surface area contributed by atoms with E-state index in [0.717, 1.165) is 0 Å². The van der Waals surface area contributed by atoms with E-state index in [1.54, 1.807) is 6.07 Å². The maximum absolute atomic E-state index is 13.8. The topological polar surface area (TPSA) is 121 Å². The number of aromatic nitrogens is 5. The predicted molar refractivity (Wildman–Crippen MR) is 97.4 cm³/mol. The lowest BCUT2D eigenvalue weighted by Gasteiger charge is -2.05. The Bertz CT molecular complexity index is 1010. The molecule has 1 amide bonds. The summed E-state index contributed by atoms with van der Waals surface area (Å²) in [5.41, 5.74) is 0.438. The second-order valence-corrected chi connectivity index (χ2v) is 6.29. The summed E-state index contributed by atoms with van der Waals surface area (Å²) in [6.07, 6.45) is 2.64. The van der Waals surface area contributed by atoms with Gasteiger partial charge in [-0.1, -0.05) is 17.7 Å². The summed E-state index contributed by atoms with van der Waals surface area (Å²) in [4.78, 5) is 26.3. The van der Waals surface area contributed by atoms with Gasteiger partial charge in [-0.15, -0.1) is 5.10 Å². The standard InChI is InChI=1S/C16H15ClFN7O3/c1-10-14(25(27)28)8-23(21-10)6-5-15(26)20-16-19-9-24(22-16)7-11-12(17)3-2-4-13(11)18/h2-4,8-9H,5-7H2,1H3,(H,20,22,26). The maximum Gasteiger partial charge on any atom is 0.309 e. The number of carbonyl (C=O) groups is 1. The molecule has 3 rings (SSSR count). The molecule has 2 aromatic heterocycles. The van der Waals surface area contributed by atoms with Crippen molar-refractivity contribution in [2.75, 3.05) is 5.32 Å². The van der Waals surface area contributed by atoms with E-state index in [4.69, 9.17) is 11.6 Å². The van der Waals surface area contributed by atoms with Gasteiger partial charge < -0.3 is 0 Å². The number of anilines is 1. The van der Waals surface area contributed by atoms with Gasteiger partial charge in [0, 0.05) is 23.6 Å². The smallest absolute Gasteiger partial charge is 0.293 e. The van der Waals surface area contributed by atoms with E-state index in [1.807, 2.05) is 0 Å². The van der Waals surface area contributed by atoms with Gasteiger partial charge >= 0.3 is 5.69 Å². The first kappa shape index (κ1) is 19.4. The zero-order chi connectivity index (χ0) is 20.3. The van der Waals surface area contributed by atoms with Crippen molar-refractivity contribution >= 4 is 29.1 Å². The van der Waals surface area contributed by atoms with E-state index in [-0.39, 0.29) is 47.4 Å². The molecule has 0 unspecified atom stereocenters. The molecule has 2 heterocycles. The van der Waals surface area contributed by atoms with Crippen molar-refractivity contribution in [3.05, 3.63) is 62.9 Å². The fraction of sp³-hybridized carbons (Fsp3) is 0.250. The summed E-state index contributed by atoms with van der Waals surface area (Å²) >= 11 is 5.98. The molecule has 0 bridgehead atoms. The molecule has 1 aromatic carbocycles. The van der Waals surface area contributed by atoms with Crippen LogP contribution in [0.3, 0.4) is 0 Å². The van der Waals surface area contributed by atoms with Crippen LogP contribution >= 0.6 is 11.6 Å². The number of rotatable bonds is 7. The molecule has 0 saturated heterocycles. The van der Waals surface area contributed by atoms with Crippen molar-refractivity contribution < 1.29 is 14.1 Å². The van der Waals surface area contributed by atoms with Gasteiger partial charge in [-0.2, -0.15) is 5.10 Å². The number of aryl methyl sites for hydroxylation is 2. The number of benzene rings is 1. The Morgan fingerprint density at radius 3 is 2.82 bits per heavy atom. The summed E-state index contributed by atoms with van der Waals surface area (Å²) in [7, 11) is 0. The van der Waals surface area contributed by atoms with Crippen LogP contribution in [0, 0.1) is 22.9 Å². The molecule has 0 aliphatic carbocycles. The number of carbonyl (C=O) groups excluding carboxylic acids is 1.